The number of aryl methyl sites for hydroxylation is 4. The number of hydrogen-bond donors (Lipinski definition) is 0. The standard InChI is InChI=1S/C28H28BrP.ClH/c1-21-5-13-25(14-6-21)30(29,26-15-7-22(2)8-16-26,27-17-9-23(3)10-18-27)28-19-11-24(4)12-20-28;/h5-20H,1-4H3;1H. The first-order valence-corrected chi connectivity index (χ1v) is 14.6. The van der Waals surface area contributed by atoms with Gasteiger partial charge in [-0.25, -0.2) is 0 Å². The molecule has 0 aliphatic heterocycles. The normalized spacial score (nSPS) is 12.5. The molecule has 0 amide bonds. The van der Waals surface area contributed by atoms with Crippen LogP contribution in [0.5, 0.6) is 0 Å². The fourth-order valence-corrected chi connectivity index (χ4v) is 11.7. The van der Waals surface area contributed by atoms with Crippen molar-refractivity contribution in [2.24, 2.45) is 0 Å². The van der Waals surface area contributed by atoms with E-state index in [1.54, 1.807) is 0 Å². The third-order valence-corrected chi connectivity index (χ3v) is 16.1. The molecule has 0 nitrogen and oxygen atoms in total. The van der Waals surface area contributed by atoms with Gasteiger partial charge in [0.15, 0.2) is 0 Å². The molecule has 0 saturated heterocycles. The third kappa shape index (κ3) is 3.89. The van der Waals surface area contributed by atoms with Crippen LogP contribution < -0.4 is 21.2 Å². The fraction of sp³-hybridized carbons (Fsp3) is 0.143. The van der Waals surface area contributed by atoms with Gasteiger partial charge in [-0.05, 0) is 0 Å². The van der Waals surface area contributed by atoms with E-state index >= 15 is 0 Å². The van der Waals surface area contributed by atoms with Gasteiger partial charge in [-0.2, -0.15) is 0 Å². The molecule has 0 bridgehead atoms. The maximum atomic E-state index is 4.55. The molecule has 0 heterocycles. The Kier molecular flexibility index (Phi) is 6.82. The summed E-state index contributed by atoms with van der Waals surface area (Å²) < 4.78 is 0. The van der Waals surface area contributed by atoms with E-state index in [4.69, 9.17) is 0 Å². The van der Waals surface area contributed by atoms with Gasteiger partial charge in [-0.3, -0.25) is 0 Å². The minimum atomic E-state index is -3.10. The minimum absolute atomic E-state index is 0. The zero-order valence-corrected chi connectivity index (χ0v) is 21.8. The molecule has 0 fully saturated rings. The average Bonchev–Trinajstić information content (AvgIpc) is 2.75. The van der Waals surface area contributed by atoms with Gasteiger partial charge in [0, 0.05) is 0 Å². The Bertz CT molecular complexity index is 968. The summed E-state index contributed by atoms with van der Waals surface area (Å²) >= 11 is 4.55. The van der Waals surface area contributed by atoms with E-state index in [1.165, 1.54) is 43.5 Å². The maximum Gasteiger partial charge on any atom is -0.147 e. The zero-order chi connectivity index (χ0) is 21.4. The van der Waals surface area contributed by atoms with Gasteiger partial charge in [0.2, 0.25) is 0 Å². The van der Waals surface area contributed by atoms with E-state index in [-0.39, 0.29) is 12.4 Å². The first-order chi connectivity index (χ1) is 14.3. The molecule has 0 N–H and O–H groups in total. The number of rotatable bonds is 4. The van der Waals surface area contributed by atoms with E-state index in [1.807, 2.05) is 0 Å². The Labute approximate surface area is 200 Å². The molecule has 160 valence electrons. The predicted molar refractivity (Wildman–Crippen MR) is 146 cm³/mol. The summed E-state index contributed by atoms with van der Waals surface area (Å²) in [6.45, 7) is 8.60. The molecule has 0 atom stereocenters. The first kappa shape index (κ1) is 23.7. The average molecular weight is 512 g/mol. The van der Waals surface area contributed by atoms with Crippen LogP contribution in [0, 0.1) is 27.7 Å². The van der Waals surface area contributed by atoms with Gasteiger partial charge in [0.25, 0.3) is 0 Å². The molecule has 0 spiro atoms. The van der Waals surface area contributed by atoms with Crippen molar-refractivity contribution in [2.75, 3.05) is 0 Å². The van der Waals surface area contributed by atoms with Gasteiger partial charge in [-0.15, -0.1) is 12.4 Å². The molecule has 0 radical (unpaired) electrons. The Balaban J connectivity index is 0.00000272. The van der Waals surface area contributed by atoms with Crippen LogP contribution in [0.3, 0.4) is 0 Å². The van der Waals surface area contributed by atoms with Crippen LogP contribution in [0.2, 0.25) is 0 Å². The molecular weight excluding hydrogens is 483 g/mol. The number of halogens is 2. The van der Waals surface area contributed by atoms with Crippen molar-refractivity contribution in [3.05, 3.63) is 119 Å². The van der Waals surface area contributed by atoms with Crippen LogP contribution in [-0.2, 0) is 0 Å². The monoisotopic (exact) mass is 510 g/mol. The van der Waals surface area contributed by atoms with Crippen LogP contribution >= 0.6 is 33.2 Å². The van der Waals surface area contributed by atoms with Crippen LogP contribution in [0.4, 0.5) is 0 Å². The second-order valence-electron chi connectivity index (χ2n) is 8.35. The predicted octanol–water partition coefficient (Wildman–Crippen LogP) is 6.81. The third-order valence-electron chi connectivity index (χ3n) is 6.08. The molecule has 4 aromatic rings. The van der Waals surface area contributed by atoms with E-state index < -0.39 is 5.31 Å². The van der Waals surface area contributed by atoms with Crippen molar-refractivity contribution in [1.82, 2.24) is 0 Å². The molecule has 0 aliphatic rings. The summed E-state index contributed by atoms with van der Waals surface area (Å²) in [7, 11) is 0. The summed E-state index contributed by atoms with van der Waals surface area (Å²) in [6, 6.07) is 36.3. The van der Waals surface area contributed by atoms with E-state index in [2.05, 4.69) is 140 Å². The molecule has 0 unspecified atom stereocenters. The fourth-order valence-electron chi connectivity index (χ4n) is 4.19. The SMILES string of the molecule is Cc1ccc(P(Br)(c2ccc(C)cc2)(c2ccc(C)cc2)c2ccc(C)cc2)cc1.Cl. The van der Waals surface area contributed by atoms with E-state index in [9.17, 15) is 0 Å². The van der Waals surface area contributed by atoms with E-state index in [0.29, 0.717) is 0 Å². The van der Waals surface area contributed by atoms with Crippen molar-refractivity contribution < 1.29 is 0 Å². The molecule has 31 heavy (non-hydrogen) atoms. The molecule has 4 aromatic carbocycles. The Morgan fingerprint density at radius 2 is 0.548 bits per heavy atom. The van der Waals surface area contributed by atoms with Gasteiger partial charge in [0.05, 0.1) is 0 Å². The molecule has 4 rings (SSSR count). The van der Waals surface area contributed by atoms with Gasteiger partial charge in [0.1, 0.15) is 0 Å². The van der Waals surface area contributed by atoms with Gasteiger partial charge in [-0.1, -0.05) is 0 Å². The molecule has 0 aliphatic carbocycles. The summed E-state index contributed by atoms with van der Waals surface area (Å²) in [5.41, 5.74) is 5.09. The van der Waals surface area contributed by atoms with Crippen molar-refractivity contribution in [3.8, 4) is 0 Å². The van der Waals surface area contributed by atoms with Crippen molar-refractivity contribution >= 4 is 54.4 Å². The summed E-state index contributed by atoms with van der Waals surface area (Å²) in [4.78, 5) is 0. The molecular formula is C28H29BrClP. The summed E-state index contributed by atoms with van der Waals surface area (Å²) in [6.07, 6.45) is 0. The number of benzene rings is 4. The van der Waals surface area contributed by atoms with Crippen molar-refractivity contribution in [1.29, 1.82) is 0 Å². The Morgan fingerprint density at radius 3 is 0.710 bits per heavy atom. The summed E-state index contributed by atoms with van der Waals surface area (Å²) in [5, 5.41) is 2.19. The van der Waals surface area contributed by atoms with Gasteiger partial charge >= 0.3 is 189 Å². The van der Waals surface area contributed by atoms with Crippen molar-refractivity contribution in [2.45, 2.75) is 27.7 Å². The van der Waals surface area contributed by atoms with Crippen LogP contribution in [0.15, 0.2) is 97.1 Å². The second kappa shape index (κ2) is 8.91. The quantitative estimate of drug-likeness (QED) is 0.264. The van der Waals surface area contributed by atoms with E-state index in [0.717, 1.165) is 0 Å². The largest absolute Gasteiger partial charge is 0.147 e. The van der Waals surface area contributed by atoms with Crippen LogP contribution in [-0.4, -0.2) is 0 Å². The number of hydrogen-bond acceptors (Lipinski definition) is 0. The molecule has 0 aromatic heterocycles. The van der Waals surface area contributed by atoms with Crippen molar-refractivity contribution in [3.63, 3.8) is 0 Å². The smallest absolute Gasteiger partial charge is 0.147 e. The Hall–Kier alpha value is -1.92. The van der Waals surface area contributed by atoms with Gasteiger partial charge < -0.3 is 0 Å². The maximum absolute atomic E-state index is 4.55. The second-order valence-corrected chi connectivity index (χ2v) is 16.7. The van der Waals surface area contributed by atoms with Crippen LogP contribution in [0.25, 0.3) is 0 Å². The minimum Gasteiger partial charge on any atom is -0.147 e. The first-order valence-electron chi connectivity index (χ1n) is 10.3. The Morgan fingerprint density at radius 1 is 0.387 bits per heavy atom. The topological polar surface area (TPSA) is 0 Å². The molecule has 3 heteroatoms. The zero-order valence-electron chi connectivity index (χ0n) is 18.5. The summed E-state index contributed by atoms with van der Waals surface area (Å²) in [5.74, 6) is 0. The van der Waals surface area contributed by atoms with Crippen LogP contribution in [0.1, 0.15) is 22.3 Å². The molecule has 0 saturated carbocycles.